The zero-order valence-electron chi connectivity index (χ0n) is 24.5. The number of nitrogens with zero attached hydrogens (tertiary/aromatic N) is 2. The molecule has 0 N–H and O–H groups in total. The molecule has 3 heterocycles. The van der Waals surface area contributed by atoms with Gasteiger partial charge in [0.05, 0.1) is 0 Å². The number of fused-ring (bicyclic) bond motifs is 5. The second-order valence-corrected chi connectivity index (χ2v) is 25.0. The first kappa shape index (κ1) is 24.7. The van der Waals surface area contributed by atoms with Crippen molar-refractivity contribution >= 4 is 66.7 Å². The summed E-state index contributed by atoms with van der Waals surface area (Å²) in [6.07, 6.45) is 2.26. The molecule has 0 bridgehead atoms. The van der Waals surface area contributed by atoms with Gasteiger partial charge in [0.2, 0.25) is 0 Å². The number of pyridine rings is 2. The molecule has 6 rings (SSSR count). The van der Waals surface area contributed by atoms with Crippen molar-refractivity contribution < 1.29 is 4.57 Å². The molecule has 37 heavy (non-hydrogen) atoms. The molecule has 3 heteroatoms. The summed E-state index contributed by atoms with van der Waals surface area (Å²) < 4.78 is 6.56. The van der Waals surface area contributed by atoms with Crippen LogP contribution in [0, 0.1) is 6.92 Å². The molecule has 0 saturated carbocycles. The Hall–Kier alpha value is -2.59. The molecule has 0 saturated heterocycles. The van der Waals surface area contributed by atoms with Crippen LogP contribution in [0.3, 0.4) is 0 Å². The molecule has 0 aliphatic carbocycles. The third-order valence-electron chi connectivity index (χ3n) is 8.46. The molecular weight excluding hydrogens is 509 g/mol. The number of hydrogen-bond donors (Lipinski definition) is 0. The summed E-state index contributed by atoms with van der Waals surface area (Å²) in [7, 11) is 2.22. The van der Waals surface area contributed by atoms with E-state index in [4.69, 9.17) is 0 Å². The van der Waals surface area contributed by atoms with Gasteiger partial charge in [-0.15, -0.1) is 0 Å². The Kier molecular flexibility index (Phi) is 5.01. The molecule has 0 spiro atoms. The van der Waals surface area contributed by atoms with Gasteiger partial charge in [0.15, 0.2) is 0 Å². The van der Waals surface area contributed by atoms with Crippen molar-refractivity contribution in [3.8, 4) is 0 Å². The van der Waals surface area contributed by atoms with Crippen LogP contribution in [0.4, 0.5) is 0 Å². The third kappa shape index (κ3) is 3.47. The van der Waals surface area contributed by atoms with Crippen molar-refractivity contribution in [3.63, 3.8) is 0 Å². The summed E-state index contributed by atoms with van der Waals surface area (Å²) >= 11 is -2.10. The summed E-state index contributed by atoms with van der Waals surface area (Å²) in [5, 5.41) is 6.95. The van der Waals surface area contributed by atoms with Gasteiger partial charge < -0.3 is 0 Å². The Morgan fingerprint density at radius 2 is 1.46 bits per heavy atom. The Morgan fingerprint density at radius 3 is 2.08 bits per heavy atom. The van der Waals surface area contributed by atoms with Gasteiger partial charge in [0.25, 0.3) is 0 Å². The molecule has 0 unspecified atom stereocenters. The van der Waals surface area contributed by atoms with Gasteiger partial charge in [-0.3, -0.25) is 0 Å². The van der Waals surface area contributed by atoms with Gasteiger partial charge in [-0.05, 0) is 0 Å². The Bertz CT molecular complexity index is 1880. The van der Waals surface area contributed by atoms with E-state index < -0.39 is 13.3 Å². The molecule has 3 aromatic carbocycles. The Morgan fingerprint density at radius 1 is 0.757 bits per heavy atom. The number of rotatable bonds is 1. The van der Waals surface area contributed by atoms with Gasteiger partial charge in [0.1, 0.15) is 0 Å². The third-order valence-corrected chi connectivity index (χ3v) is 12.7. The van der Waals surface area contributed by atoms with E-state index in [9.17, 15) is 0 Å². The molecule has 0 aliphatic rings. The van der Waals surface area contributed by atoms with Crippen LogP contribution >= 0.6 is 0 Å². The van der Waals surface area contributed by atoms with Crippen molar-refractivity contribution in [2.24, 2.45) is 7.05 Å². The number of hydrogen-bond acceptors (Lipinski definition) is 0. The van der Waals surface area contributed by atoms with Crippen LogP contribution < -0.4 is 8.96 Å². The van der Waals surface area contributed by atoms with Gasteiger partial charge >= 0.3 is 225 Å². The maximum absolute atomic E-state index is 2.64. The topological polar surface area (TPSA) is 8.29 Å². The van der Waals surface area contributed by atoms with Crippen molar-refractivity contribution in [2.75, 3.05) is 0 Å². The summed E-state index contributed by atoms with van der Waals surface area (Å²) in [5.41, 5.74) is 9.79. The van der Waals surface area contributed by atoms with Crippen LogP contribution in [0.5, 0.6) is 0 Å². The Labute approximate surface area is 224 Å². The Balaban J connectivity index is 2.04. The summed E-state index contributed by atoms with van der Waals surface area (Å²) in [5.74, 6) is 7.53. The predicted octanol–water partition coefficient (Wildman–Crippen LogP) is 8.26. The van der Waals surface area contributed by atoms with E-state index >= 15 is 0 Å². The second kappa shape index (κ2) is 7.50. The van der Waals surface area contributed by atoms with Crippen LogP contribution in [0.15, 0.2) is 48.7 Å². The summed E-state index contributed by atoms with van der Waals surface area (Å²) in [6.45, 7) is 16.4. The standard InChI is InChI=1S/C34H41GeN2/c1-20-16-25(34(5,6)7)30-24-13-12-22(33(2,3)4)18-26(24)37-27-19-23(35(8,9)10)17-21-14-15-36(11)31(29(21)27)28(20)32(30)37/h12-19H,1-11H3/q+1. The van der Waals surface area contributed by atoms with Crippen molar-refractivity contribution in [1.82, 2.24) is 4.40 Å². The molecule has 3 aromatic heterocycles. The quantitative estimate of drug-likeness (QED) is 0.0844. The first-order valence-corrected chi connectivity index (χ1v) is 21.0. The molecule has 0 atom stereocenters. The normalized spacial score (nSPS) is 13.8. The van der Waals surface area contributed by atoms with Crippen LogP contribution in [-0.4, -0.2) is 17.7 Å². The van der Waals surface area contributed by atoms with E-state index in [1.807, 2.05) is 0 Å². The molecular formula is C34H41GeN2+. The fraction of sp³-hybridized carbons (Fsp3) is 0.382. The van der Waals surface area contributed by atoms with Gasteiger partial charge in [-0.25, -0.2) is 0 Å². The van der Waals surface area contributed by atoms with E-state index in [2.05, 4.69) is 130 Å². The van der Waals surface area contributed by atoms with Crippen LogP contribution in [0.25, 0.3) is 49.0 Å². The summed E-state index contributed by atoms with van der Waals surface area (Å²) in [6, 6.07) is 17.1. The molecule has 0 fully saturated rings. The molecule has 0 radical (unpaired) electrons. The van der Waals surface area contributed by atoms with Gasteiger partial charge in [-0.2, -0.15) is 0 Å². The van der Waals surface area contributed by atoms with E-state index in [0.717, 1.165) is 0 Å². The van der Waals surface area contributed by atoms with E-state index in [1.165, 1.54) is 65.7 Å². The van der Waals surface area contributed by atoms with Crippen molar-refractivity contribution in [1.29, 1.82) is 0 Å². The SMILES string of the molecule is Cc1cc(C(C)(C)C)c2c3ccc(C(C)(C)C)cc3n3c4c[c]([Ge]([CH3])([CH3])[CH3])cc5cc[n+](C)c(c1c23)c54. The second-order valence-electron chi connectivity index (χ2n) is 14.4. The van der Waals surface area contributed by atoms with Crippen LogP contribution in [0.1, 0.15) is 58.2 Å². The van der Waals surface area contributed by atoms with E-state index in [1.54, 1.807) is 4.40 Å². The fourth-order valence-electron chi connectivity index (χ4n) is 6.34. The number of aryl methyl sites for hydroxylation is 2. The fourth-order valence-corrected chi connectivity index (χ4v) is 8.77. The van der Waals surface area contributed by atoms with Crippen molar-refractivity contribution in [3.05, 3.63) is 65.4 Å². The predicted molar refractivity (Wildman–Crippen MR) is 165 cm³/mol. The average molecular weight is 550 g/mol. The summed E-state index contributed by atoms with van der Waals surface area (Å²) in [4.78, 5) is 0. The molecule has 0 amide bonds. The molecule has 0 aliphatic heterocycles. The molecule has 2 nitrogen and oxygen atoms in total. The van der Waals surface area contributed by atoms with Crippen LogP contribution in [0.2, 0.25) is 17.3 Å². The monoisotopic (exact) mass is 551 g/mol. The zero-order valence-corrected chi connectivity index (χ0v) is 26.6. The van der Waals surface area contributed by atoms with Gasteiger partial charge in [-0.1, -0.05) is 0 Å². The maximum atomic E-state index is 2.64. The van der Waals surface area contributed by atoms with E-state index in [0.29, 0.717) is 0 Å². The minimum absolute atomic E-state index is 0.0438. The molecule has 190 valence electrons. The minimum atomic E-state index is -2.10. The van der Waals surface area contributed by atoms with Crippen LogP contribution in [-0.2, 0) is 17.9 Å². The first-order valence-electron chi connectivity index (χ1n) is 13.7. The van der Waals surface area contributed by atoms with Crippen molar-refractivity contribution in [2.45, 2.75) is 76.6 Å². The average Bonchev–Trinajstić information content (AvgIpc) is 3.11. The number of benzene rings is 3. The first-order chi connectivity index (χ1) is 17.1. The number of aromatic nitrogens is 2. The van der Waals surface area contributed by atoms with Gasteiger partial charge in [0, 0.05) is 0 Å². The van der Waals surface area contributed by atoms with E-state index in [-0.39, 0.29) is 10.8 Å². The molecule has 6 aromatic rings. The zero-order chi connectivity index (χ0) is 26.8.